The molecular formula is C13H17N5O3S. The van der Waals surface area contributed by atoms with Crippen LogP contribution in [0.1, 0.15) is 16.9 Å². The summed E-state index contributed by atoms with van der Waals surface area (Å²) >= 11 is 1.29. The van der Waals surface area contributed by atoms with Crippen LogP contribution in [0.2, 0.25) is 0 Å². The average molecular weight is 323 g/mol. The number of nitrogens with one attached hydrogen (secondary N) is 2. The quantitative estimate of drug-likeness (QED) is 0.589. The Morgan fingerprint density at radius 2 is 2.32 bits per heavy atom. The summed E-state index contributed by atoms with van der Waals surface area (Å²) < 4.78 is 5.06. The fourth-order valence-corrected chi connectivity index (χ4v) is 2.52. The van der Waals surface area contributed by atoms with Gasteiger partial charge >= 0.3 is 0 Å². The molecule has 0 radical (unpaired) electrons. The van der Waals surface area contributed by atoms with Crippen molar-refractivity contribution in [2.45, 2.75) is 12.5 Å². The normalized spacial score (nSPS) is 12.1. The number of hydrogen-bond acceptors (Lipinski definition) is 6. The van der Waals surface area contributed by atoms with Gasteiger partial charge in [0.1, 0.15) is 5.69 Å². The molecule has 0 bridgehead atoms. The number of anilines is 1. The zero-order valence-corrected chi connectivity index (χ0v) is 12.8. The van der Waals surface area contributed by atoms with Gasteiger partial charge in [-0.3, -0.25) is 9.59 Å². The lowest BCUT2D eigenvalue weighted by molar-refractivity contribution is -0.118. The number of thiazole rings is 1. The Hall–Kier alpha value is -2.23. The molecule has 2 heterocycles. The molecule has 0 aromatic carbocycles. The third-order valence-corrected chi connectivity index (χ3v) is 3.76. The van der Waals surface area contributed by atoms with E-state index < -0.39 is 5.91 Å². The van der Waals surface area contributed by atoms with E-state index in [1.807, 2.05) is 0 Å². The van der Waals surface area contributed by atoms with Crippen molar-refractivity contribution in [2.75, 3.05) is 19.0 Å². The maximum atomic E-state index is 11.8. The Balaban J connectivity index is 2.01. The lowest BCUT2D eigenvalue weighted by atomic mass is 10.2. The summed E-state index contributed by atoms with van der Waals surface area (Å²) in [6.45, 7) is 0.270. The van der Waals surface area contributed by atoms with E-state index in [1.165, 1.54) is 18.4 Å². The van der Waals surface area contributed by atoms with Crippen molar-refractivity contribution in [3.05, 3.63) is 23.3 Å². The largest absolute Gasteiger partial charge is 0.380 e. The van der Waals surface area contributed by atoms with Gasteiger partial charge in [-0.1, -0.05) is 0 Å². The number of hydrogen-bond donors (Lipinski definition) is 4. The zero-order chi connectivity index (χ0) is 16.1. The van der Waals surface area contributed by atoms with Gasteiger partial charge in [0.25, 0.3) is 5.91 Å². The van der Waals surface area contributed by atoms with Gasteiger partial charge in [0.05, 0.1) is 18.2 Å². The highest BCUT2D eigenvalue weighted by atomic mass is 32.1. The minimum Gasteiger partial charge on any atom is -0.380 e. The molecule has 0 aliphatic carbocycles. The summed E-state index contributed by atoms with van der Waals surface area (Å²) in [6.07, 6.45) is 1.48. The molecule has 22 heavy (non-hydrogen) atoms. The lowest BCUT2D eigenvalue weighted by Crippen LogP contribution is -2.28. The van der Waals surface area contributed by atoms with Crippen molar-refractivity contribution < 1.29 is 14.3 Å². The number of nitrogens with zero attached hydrogens (tertiary/aromatic N) is 1. The first-order chi connectivity index (χ1) is 10.5. The number of aromatic nitrogens is 2. The summed E-state index contributed by atoms with van der Waals surface area (Å²) in [5.41, 5.74) is 12.3. The molecule has 0 saturated carbocycles. The maximum absolute atomic E-state index is 11.8. The number of aromatic amines is 1. The fourth-order valence-electron chi connectivity index (χ4n) is 1.79. The van der Waals surface area contributed by atoms with Crippen LogP contribution in [0.25, 0.3) is 11.3 Å². The van der Waals surface area contributed by atoms with Gasteiger partial charge in [-0.15, -0.1) is 11.3 Å². The zero-order valence-electron chi connectivity index (χ0n) is 12.0. The molecule has 8 nitrogen and oxygen atoms in total. The molecule has 2 aromatic rings. The molecule has 1 atom stereocenters. The highest BCUT2D eigenvalue weighted by Crippen LogP contribution is 2.25. The van der Waals surface area contributed by atoms with E-state index >= 15 is 0 Å². The first-order valence-corrected chi connectivity index (χ1v) is 7.38. The minimum atomic E-state index is -0.539. The van der Waals surface area contributed by atoms with Crippen molar-refractivity contribution >= 4 is 28.3 Å². The second-order valence-corrected chi connectivity index (χ2v) is 5.41. The molecule has 0 spiro atoms. The van der Waals surface area contributed by atoms with E-state index in [0.717, 1.165) is 5.56 Å². The second-order valence-electron chi connectivity index (χ2n) is 4.55. The fraction of sp³-hybridized carbons (Fsp3) is 0.308. The van der Waals surface area contributed by atoms with Crippen LogP contribution in [-0.4, -0.2) is 41.5 Å². The molecule has 2 amide bonds. The van der Waals surface area contributed by atoms with Gasteiger partial charge in [0, 0.05) is 30.8 Å². The van der Waals surface area contributed by atoms with Gasteiger partial charge in [0.15, 0.2) is 5.13 Å². The Bertz CT molecular complexity index is 662. The van der Waals surface area contributed by atoms with E-state index in [-0.39, 0.29) is 25.0 Å². The second kappa shape index (κ2) is 7.16. The summed E-state index contributed by atoms with van der Waals surface area (Å²) in [6, 6.07) is 1.61. The van der Waals surface area contributed by atoms with Crippen LogP contribution in [0.4, 0.5) is 5.13 Å². The Labute approximate surface area is 130 Å². The van der Waals surface area contributed by atoms with Crippen molar-refractivity contribution in [1.29, 1.82) is 0 Å². The SMILES string of the molecule is COC(CN)CC(=O)Nc1nc(-c2c[nH]c(C(N)=O)c2)cs1. The Morgan fingerprint density at radius 1 is 1.55 bits per heavy atom. The molecular weight excluding hydrogens is 306 g/mol. The summed E-state index contributed by atoms with van der Waals surface area (Å²) in [5, 5.41) is 4.94. The number of amides is 2. The van der Waals surface area contributed by atoms with Crippen LogP contribution in [0.15, 0.2) is 17.6 Å². The topological polar surface area (TPSA) is 136 Å². The Kier molecular flexibility index (Phi) is 5.26. The van der Waals surface area contributed by atoms with Crippen molar-refractivity contribution in [3.8, 4) is 11.3 Å². The molecule has 0 fully saturated rings. The summed E-state index contributed by atoms with van der Waals surface area (Å²) in [5.74, 6) is -0.757. The number of nitrogens with two attached hydrogens (primary N) is 2. The molecule has 118 valence electrons. The maximum Gasteiger partial charge on any atom is 0.265 e. The van der Waals surface area contributed by atoms with Gasteiger partial charge in [-0.2, -0.15) is 0 Å². The van der Waals surface area contributed by atoms with Gasteiger partial charge < -0.3 is 26.5 Å². The predicted molar refractivity (Wildman–Crippen MR) is 83.5 cm³/mol. The highest BCUT2D eigenvalue weighted by molar-refractivity contribution is 7.14. The standard InChI is InChI=1S/C13H17N5O3S/c1-21-8(4-14)3-11(19)18-13-17-10(6-22-13)7-2-9(12(15)20)16-5-7/h2,5-6,8,16H,3-4,14H2,1H3,(H2,15,20)(H,17,18,19). The van der Waals surface area contributed by atoms with Gasteiger partial charge in [0.2, 0.25) is 5.91 Å². The molecule has 2 aromatic heterocycles. The molecule has 0 aliphatic heterocycles. The van der Waals surface area contributed by atoms with Crippen LogP contribution < -0.4 is 16.8 Å². The summed E-state index contributed by atoms with van der Waals surface area (Å²) in [7, 11) is 1.51. The average Bonchev–Trinajstić information content (AvgIpc) is 3.13. The van der Waals surface area contributed by atoms with E-state index in [2.05, 4.69) is 15.3 Å². The van der Waals surface area contributed by atoms with Crippen LogP contribution in [0, 0.1) is 0 Å². The first kappa shape index (κ1) is 16.1. The van der Waals surface area contributed by atoms with Crippen LogP contribution in [0.3, 0.4) is 0 Å². The van der Waals surface area contributed by atoms with Gasteiger partial charge in [-0.05, 0) is 6.07 Å². The minimum absolute atomic E-state index is 0.165. The molecule has 0 aliphatic rings. The Morgan fingerprint density at radius 3 is 2.91 bits per heavy atom. The smallest absolute Gasteiger partial charge is 0.265 e. The van der Waals surface area contributed by atoms with Crippen molar-refractivity contribution in [2.24, 2.45) is 11.5 Å². The predicted octanol–water partition coefficient (Wildman–Crippen LogP) is 0.539. The van der Waals surface area contributed by atoms with Crippen molar-refractivity contribution in [3.63, 3.8) is 0 Å². The number of ether oxygens (including phenoxy) is 1. The van der Waals surface area contributed by atoms with E-state index in [4.69, 9.17) is 16.2 Å². The molecule has 9 heteroatoms. The third-order valence-electron chi connectivity index (χ3n) is 3.00. The molecule has 6 N–H and O–H groups in total. The number of carbonyl (C=O) groups excluding carboxylic acids is 2. The number of primary amides is 1. The van der Waals surface area contributed by atoms with E-state index in [0.29, 0.717) is 16.5 Å². The highest BCUT2D eigenvalue weighted by Gasteiger charge is 2.14. The van der Waals surface area contributed by atoms with Crippen LogP contribution >= 0.6 is 11.3 Å². The van der Waals surface area contributed by atoms with Gasteiger partial charge in [-0.25, -0.2) is 4.98 Å². The monoisotopic (exact) mass is 323 g/mol. The van der Waals surface area contributed by atoms with E-state index in [1.54, 1.807) is 17.6 Å². The molecule has 2 rings (SSSR count). The number of rotatable bonds is 7. The van der Waals surface area contributed by atoms with Crippen LogP contribution in [-0.2, 0) is 9.53 Å². The van der Waals surface area contributed by atoms with Crippen LogP contribution in [0.5, 0.6) is 0 Å². The van der Waals surface area contributed by atoms with Crippen molar-refractivity contribution in [1.82, 2.24) is 9.97 Å². The van der Waals surface area contributed by atoms with E-state index in [9.17, 15) is 9.59 Å². The molecule has 1 unspecified atom stereocenters. The summed E-state index contributed by atoms with van der Waals surface area (Å²) in [4.78, 5) is 29.9. The third kappa shape index (κ3) is 3.91. The number of H-pyrrole nitrogens is 1. The number of carbonyl (C=O) groups is 2. The number of methoxy groups -OCH3 is 1. The lowest BCUT2D eigenvalue weighted by Gasteiger charge is -2.11. The first-order valence-electron chi connectivity index (χ1n) is 6.50. The molecule has 0 saturated heterocycles.